The van der Waals surface area contributed by atoms with Crippen molar-refractivity contribution in [3.8, 4) is 6.07 Å². The van der Waals surface area contributed by atoms with Crippen LogP contribution in [0.1, 0.15) is 43.4 Å². The van der Waals surface area contributed by atoms with Crippen LogP contribution in [0, 0.1) is 11.3 Å². The molecular formula is C25H33N3O. The third-order valence-electron chi connectivity index (χ3n) is 5.14. The van der Waals surface area contributed by atoms with E-state index >= 15 is 0 Å². The molecule has 0 amide bonds. The van der Waals surface area contributed by atoms with Gasteiger partial charge in [0.1, 0.15) is 5.76 Å². The second-order valence-electron chi connectivity index (χ2n) is 6.95. The fourth-order valence-electron chi connectivity index (χ4n) is 3.79. The second kappa shape index (κ2) is 11.9. The SMILES string of the molecule is C=C/C(=C(/OC)c1cccc(C(/C=C\CC#N)=C/C)c1CCC)N1CCNCC1. The van der Waals surface area contributed by atoms with Crippen LogP contribution in [0.5, 0.6) is 0 Å². The Kier molecular flexibility index (Phi) is 9.27. The summed E-state index contributed by atoms with van der Waals surface area (Å²) < 4.78 is 5.96. The molecule has 1 fully saturated rings. The molecule has 0 atom stereocenters. The molecule has 1 aromatic carbocycles. The van der Waals surface area contributed by atoms with Crippen molar-refractivity contribution in [1.29, 1.82) is 5.26 Å². The van der Waals surface area contributed by atoms with Crippen molar-refractivity contribution in [2.45, 2.75) is 33.1 Å². The predicted molar refractivity (Wildman–Crippen MR) is 122 cm³/mol. The maximum Gasteiger partial charge on any atom is 0.149 e. The number of allylic oxidation sites excluding steroid dienone is 5. The molecule has 4 heteroatoms. The number of ether oxygens (including phenoxy) is 1. The Bertz CT molecular complexity index is 821. The van der Waals surface area contributed by atoms with E-state index in [0.717, 1.165) is 61.6 Å². The lowest BCUT2D eigenvalue weighted by Gasteiger charge is -2.32. The standard InChI is InChI=1S/C25H33N3O/c1-5-11-22-21(20(6-2)12-8-9-15-26)13-10-14-23(22)25(29-4)24(7-3)28-18-16-27-17-19-28/h6-8,10,12-14,27H,3,5,9,11,16-19H2,1-2,4H3/b12-8-,20-6+,25-24-. The van der Waals surface area contributed by atoms with Crippen molar-refractivity contribution in [3.63, 3.8) is 0 Å². The van der Waals surface area contributed by atoms with Gasteiger partial charge in [-0.25, -0.2) is 0 Å². The van der Waals surface area contributed by atoms with Crippen LogP contribution in [0.15, 0.2) is 54.8 Å². The zero-order chi connectivity index (χ0) is 21.1. The second-order valence-corrected chi connectivity index (χ2v) is 6.95. The first-order valence-corrected chi connectivity index (χ1v) is 10.4. The van der Waals surface area contributed by atoms with Crippen molar-refractivity contribution in [3.05, 3.63) is 71.5 Å². The normalized spacial score (nSPS) is 15.8. The molecule has 0 saturated carbocycles. The molecule has 1 aromatic rings. The molecule has 1 aliphatic rings. The number of piperazine rings is 1. The summed E-state index contributed by atoms with van der Waals surface area (Å²) in [5.41, 5.74) is 5.76. The van der Waals surface area contributed by atoms with Crippen LogP contribution in [-0.4, -0.2) is 38.2 Å². The lowest BCUT2D eigenvalue weighted by molar-refractivity contribution is 0.289. The zero-order valence-corrected chi connectivity index (χ0v) is 18.0. The van der Waals surface area contributed by atoms with Gasteiger partial charge in [0, 0.05) is 31.7 Å². The van der Waals surface area contributed by atoms with Gasteiger partial charge in [0.2, 0.25) is 0 Å². The highest BCUT2D eigenvalue weighted by molar-refractivity contribution is 5.80. The molecule has 1 heterocycles. The molecule has 0 spiro atoms. The van der Waals surface area contributed by atoms with E-state index in [2.05, 4.69) is 54.1 Å². The van der Waals surface area contributed by atoms with Crippen LogP contribution < -0.4 is 5.32 Å². The van der Waals surface area contributed by atoms with Gasteiger partial charge >= 0.3 is 0 Å². The highest BCUT2D eigenvalue weighted by Gasteiger charge is 2.20. The van der Waals surface area contributed by atoms with Crippen LogP contribution in [0.25, 0.3) is 11.3 Å². The molecule has 0 aromatic heterocycles. The zero-order valence-electron chi connectivity index (χ0n) is 18.0. The molecule has 0 bridgehead atoms. The van der Waals surface area contributed by atoms with Gasteiger partial charge in [-0.15, -0.1) is 0 Å². The van der Waals surface area contributed by atoms with Crippen LogP contribution in [0.4, 0.5) is 0 Å². The number of methoxy groups -OCH3 is 1. The minimum Gasteiger partial charge on any atom is -0.494 e. The first kappa shape index (κ1) is 22.5. The maximum atomic E-state index is 8.86. The van der Waals surface area contributed by atoms with Gasteiger partial charge in [0.05, 0.1) is 25.3 Å². The Hall–Kier alpha value is -2.77. The van der Waals surface area contributed by atoms with Gasteiger partial charge in [-0.05, 0) is 36.1 Å². The third-order valence-corrected chi connectivity index (χ3v) is 5.14. The Labute approximate surface area is 175 Å². The summed E-state index contributed by atoms with van der Waals surface area (Å²) >= 11 is 0. The van der Waals surface area contributed by atoms with Crippen molar-refractivity contribution in [2.75, 3.05) is 33.3 Å². The number of nitriles is 1. The number of hydrogen-bond acceptors (Lipinski definition) is 4. The molecule has 1 saturated heterocycles. The molecule has 2 rings (SSSR count). The first-order chi connectivity index (χ1) is 14.2. The summed E-state index contributed by atoms with van der Waals surface area (Å²) in [6.07, 6.45) is 10.4. The molecule has 4 nitrogen and oxygen atoms in total. The average molecular weight is 392 g/mol. The smallest absolute Gasteiger partial charge is 0.149 e. The molecule has 0 unspecified atom stereocenters. The summed E-state index contributed by atoms with van der Waals surface area (Å²) in [5, 5.41) is 12.3. The summed E-state index contributed by atoms with van der Waals surface area (Å²) in [6.45, 7) is 12.1. The fourth-order valence-corrected chi connectivity index (χ4v) is 3.79. The minimum absolute atomic E-state index is 0.410. The summed E-state index contributed by atoms with van der Waals surface area (Å²) in [5.74, 6) is 0.878. The van der Waals surface area contributed by atoms with E-state index in [4.69, 9.17) is 10.00 Å². The van der Waals surface area contributed by atoms with E-state index in [1.54, 1.807) is 7.11 Å². The first-order valence-electron chi connectivity index (χ1n) is 10.4. The molecule has 1 aliphatic heterocycles. The van der Waals surface area contributed by atoms with Crippen molar-refractivity contribution >= 4 is 11.3 Å². The largest absolute Gasteiger partial charge is 0.494 e. The van der Waals surface area contributed by atoms with Crippen molar-refractivity contribution < 1.29 is 4.74 Å². The van der Waals surface area contributed by atoms with Crippen molar-refractivity contribution in [2.24, 2.45) is 0 Å². The van der Waals surface area contributed by atoms with E-state index in [9.17, 15) is 0 Å². The van der Waals surface area contributed by atoms with Gasteiger partial charge < -0.3 is 15.0 Å². The quantitative estimate of drug-likeness (QED) is 0.479. The van der Waals surface area contributed by atoms with E-state index < -0.39 is 0 Å². The molecule has 0 aliphatic carbocycles. The van der Waals surface area contributed by atoms with Crippen LogP contribution >= 0.6 is 0 Å². The molecular weight excluding hydrogens is 358 g/mol. The number of nitrogens with zero attached hydrogens (tertiary/aromatic N) is 2. The molecule has 1 N–H and O–H groups in total. The Morgan fingerprint density at radius 3 is 2.62 bits per heavy atom. The van der Waals surface area contributed by atoms with E-state index in [1.165, 1.54) is 11.1 Å². The van der Waals surface area contributed by atoms with Crippen LogP contribution in [-0.2, 0) is 11.2 Å². The monoisotopic (exact) mass is 391 g/mol. The average Bonchev–Trinajstić information content (AvgIpc) is 2.76. The van der Waals surface area contributed by atoms with Gasteiger partial charge in [0.25, 0.3) is 0 Å². The third kappa shape index (κ3) is 5.62. The lowest BCUT2D eigenvalue weighted by atomic mass is 9.90. The summed E-state index contributed by atoms with van der Waals surface area (Å²) in [7, 11) is 1.74. The number of nitrogens with one attached hydrogen (secondary N) is 1. The minimum atomic E-state index is 0.410. The van der Waals surface area contributed by atoms with Gasteiger partial charge in [0.15, 0.2) is 0 Å². The number of hydrogen-bond donors (Lipinski definition) is 1. The molecule has 154 valence electrons. The van der Waals surface area contributed by atoms with Crippen molar-refractivity contribution in [1.82, 2.24) is 10.2 Å². The molecule has 29 heavy (non-hydrogen) atoms. The number of benzene rings is 1. The highest BCUT2D eigenvalue weighted by atomic mass is 16.5. The lowest BCUT2D eigenvalue weighted by Crippen LogP contribution is -2.42. The van der Waals surface area contributed by atoms with Crippen LogP contribution in [0.2, 0.25) is 0 Å². The Morgan fingerprint density at radius 1 is 1.31 bits per heavy atom. The van der Waals surface area contributed by atoms with E-state index in [-0.39, 0.29) is 0 Å². The molecule has 0 radical (unpaired) electrons. The van der Waals surface area contributed by atoms with Gasteiger partial charge in [-0.2, -0.15) is 5.26 Å². The number of rotatable bonds is 9. The Balaban J connectivity index is 2.62. The van der Waals surface area contributed by atoms with E-state index in [1.807, 2.05) is 25.2 Å². The Morgan fingerprint density at radius 2 is 2.03 bits per heavy atom. The van der Waals surface area contributed by atoms with Crippen LogP contribution in [0.3, 0.4) is 0 Å². The maximum absolute atomic E-state index is 8.86. The fraction of sp³-hybridized carbons (Fsp3) is 0.400. The summed E-state index contributed by atoms with van der Waals surface area (Å²) in [4.78, 5) is 2.34. The summed E-state index contributed by atoms with van der Waals surface area (Å²) in [6, 6.07) is 8.56. The van der Waals surface area contributed by atoms with Gasteiger partial charge in [-0.3, -0.25) is 0 Å². The van der Waals surface area contributed by atoms with Gasteiger partial charge in [-0.1, -0.05) is 56.4 Å². The van der Waals surface area contributed by atoms with E-state index in [0.29, 0.717) is 6.42 Å². The topological polar surface area (TPSA) is 48.3 Å². The predicted octanol–water partition coefficient (Wildman–Crippen LogP) is 4.92. The highest BCUT2D eigenvalue weighted by Crippen LogP contribution is 2.32.